The Morgan fingerprint density at radius 3 is 2.94 bits per heavy atom. The van der Waals surface area contributed by atoms with Crippen LogP contribution >= 0.6 is 15.9 Å². The van der Waals surface area contributed by atoms with Gasteiger partial charge in [0.2, 0.25) is 0 Å². The Morgan fingerprint density at radius 1 is 1.41 bits per heavy atom. The van der Waals surface area contributed by atoms with E-state index in [1.165, 1.54) is 18.4 Å². The summed E-state index contributed by atoms with van der Waals surface area (Å²) in [7, 11) is 0. The summed E-state index contributed by atoms with van der Waals surface area (Å²) in [6.07, 6.45) is 6.26. The molecule has 3 heteroatoms. The lowest BCUT2D eigenvalue weighted by atomic mass is 10.00. The van der Waals surface area contributed by atoms with E-state index in [-0.39, 0.29) is 6.04 Å². The highest BCUT2D eigenvalue weighted by Gasteiger charge is 2.16. The van der Waals surface area contributed by atoms with Gasteiger partial charge in [0.15, 0.2) is 0 Å². The first-order chi connectivity index (χ1) is 8.27. The van der Waals surface area contributed by atoms with E-state index in [4.69, 9.17) is 10.5 Å². The van der Waals surface area contributed by atoms with Gasteiger partial charge in [-0.2, -0.15) is 0 Å². The topological polar surface area (TPSA) is 35.2 Å². The van der Waals surface area contributed by atoms with Gasteiger partial charge in [0, 0.05) is 17.1 Å². The SMILES string of the molecule is NC(CCCC1CCCO1)c1ccccc1Br. The molecule has 0 aliphatic carbocycles. The van der Waals surface area contributed by atoms with Gasteiger partial charge in [0.25, 0.3) is 0 Å². The molecule has 2 atom stereocenters. The molecule has 1 aliphatic rings. The minimum atomic E-state index is 0.131. The maximum absolute atomic E-state index is 6.21. The molecular weight excluding hydrogens is 278 g/mol. The van der Waals surface area contributed by atoms with Crippen molar-refractivity contribution in [3.05, 3.63) is 34.3 Å². The number of ether oxygens (including phenoxy) is 1. The van der Waals surface area contributed by atoms with E-state index in [1.54, 1.807) is 0 Å². The van der Waals surface area contributed by atoms with Crippen molar-refractivity contribution in [2.24, 2.45) is 5.73 Å². The van der Waals surface area contributed by atoms with E-state index >= 15 is 0 Å². The molecule has 1 fully saturated rings. The molecule has 2 nitrogen and oxygen atoms in total. The average Bonchev–Trinajstić information content (AvgIpc) is 2.82. The molecule has 2 N–H and O–H groups in total. The van der Waals surface area contributed by atoms with Crippen molar-refractivity contribution >= 4 is 15.9 Å². The van der Waals surface area contributed by atoms with Crippen LogP contribution in [-0.4, -0.2) is 12.7 Å². The van der Waals surface area contributed by atoms with Gasteiger partial charge >= 0.3 is 0 Å². The minimum absolute atomic E-state index is 0.131. The number of rotatable bonds is 5. The van der Waals surface area contributed by atoms with Crippen LogP contribution in [-0.2, 0) is 4.74 Å². The highest BCUT2D eigenvalue weighted by atomic mass is 79.9. The number of halogens is 1. The lowest BCUT2D eigenvalue weighted by Gasteiger charge is -2.15. The number of benzene rings is 1. The summed E-state index contributed by atoms with van der Waals surface area (Å²) in [5.41, 5.74) is 7.42. The summed E-state index contributed by atoms with van der Waals surface area (Å²) in [5, 5.41) is 0. The van der Waals surface area contributed by atoms with Crippen LogP contribution in [0.5, 0.6) is 0 Å². The molecule has 0 radical (unpaired) electrons. The van der Waals surface area contributed by atoms with Gasteiger partial charge < -0.3 is 10.5 Å². The second-order valence-corrected chi connectivity index (χ2v) is 5.55. The van der Waals surface area contributed by atoms with Gasteiger partial charge in [-0.3, -0.25) is 0 Å². The Morgan fingerprint density at radius 2 is 2.24 bits per heavy atom. The van der Waals surface area contributed by atoms with Crippen molar-refractivity contribution < 1.29 is 4.74 Å². The predicted molar refractivity (Wildman–Crippen MR) is 73.9 cm³/mol. The maximum Gasteiger partial charge on any atom is 0.0576 e. The molecule has 0 aromatic heterocycles. The van der Waals surface area contributed by atoms with E-state index in [1.807, 2.05) is 12.1 Å². The second-order valence-electron chi connectivity index (χ2n) is 4.69. The van der Waals surface area contributed by atoms with Crippen LogP contribution in [0.2, 0.25) is 0 Å². The van der Waals surface area contributed by atoms with E-state index in [2.05, 4.69) is 28.1 Å². The van der Waals surface area contributed by atoms with E-state index in [0.717, 1.165) is 30.3 Å². The highest BCUT2D eigenvalue weighted by Crippen LogP contribution is 2.26. The standard InChI is InChI=1S/C14H20BrNO/c15-13-8-2-1-7-12(13)14(16)9-3-5-11-6-4-10-17-11/h1-2,7-8,11,14H,3-6,9-10,16H2. The van der Waals surface area contributed by atoms with Gasteiger partial charge in [-0.25, -0.2) is 0 Å². The first-order valence-electron chi connectivity index (χ1n) is 6.39. The van der Waals surface area contributed by atoms with Gasteiger partial charge in [0.1, 0.15) is 0 Å². The zero-order chi connectivity index (χ0) is 12.1. The van der Waals surface area contributed by atoms with Gasteiger partial charge in [-0.1, -0.05) is 34.1 Å². The lowest BCUT2D eigenvalue weighted by molar-refractivity contribution is 0.101. The largest absolute Gasteiger partial charge is 0.378 e. The van der Waals surface area contributed by atoms with Crippen LogP contribution in [0.15, 0.2) is 28.7 Å². The fourth-order valence-electron chi connectivity index (χ4n) is 2.37. The zero-order valence-corrected chi connectivity index (χ0v) is 11.7. The smallest absolute Gasteiger partial charge is 0.0576 e. The molecule has 0 amide bonds. The van der Waals surface area contributed by atoms with Crippen molar-refractivity contribution in [3.8, 4) is 0 Å². The molecule has 94 valence electrons. The molecule has 1 aliphatic heterocycles. The van der Waals surface area contributed by atoms with Gasteiger partial charge in [-0.15, -0.1) is 0 Å². The molecule has 1 heterocycles. The van der Waals surface area contributed by atoms with Crippen molar-refractivity contribution in [1.29, 1.82) is 0 Å². The normalized spacial score (nSPS) is 21.6. The summed E-state index contributed by atoms with van der Waals surface area (Å²) in [6, 6.07) is 8.34. The van der Waals surface area contributed by atoms with Crippen LogP contribution < -0.4 is 5.73 Å². The molecule has 0 bridgehead atoms. The van der Waals surface area contributed by atoms with Gasteiger partial charge in [0.05, 0.1) is 6.10 Å². The maximum atomic E-state index is 6.21. The molecule has 17 heavy (non-hydrogen) atoms. The summed E-state index contributed by atoms with van der Waals surface area (Å²) >= 11 is 3.55. The Labute approximate surface area is 112 Å². The van der Waals surface area contributed by atoms with E-state index < -0.39 is 0 Å². The first-order valence-corrected chi connectivity index (χ1v) is 7.18. The van der Waals surface area contributed by atoms with Crippen LogP contribution in [0.25, 0.3) is 0 Å². The molecule has 0 saturated carbocycles. The van der Waals surface area contributed by atoms with Crippen LogP contribution in [0, 0.1) is 0 Å². The minimum Gasteiger partial charge on any atom is -0.378 e. The fraction of sp³-hybridized carbons (Fsp3) is 0.571. The van der Waals surface area contributed by atoms with Crippen molar-refractivity contribution in [1.82, 2.24) is 0 Å². The summed E-state index contributed by atoms with van der Waals surface area (Å²) in [4.78, 5) is 0. The molecule has 2 unspecified atom stereocenters. The monoisotopic (exact) mass is 297 g/mol. The number of nitrogens with two attached hydrogens (primary N) is 1. The Balaban J connectivity index is 1.77. The predicted octanol–water partition coefficient (Wildman–Crippen LogP) is 3.80. The average molecular weight is 298 g/mol. The second kappa shape index (κ2) is 6.53. The highest BCUT2D eigenvalue weighted by molar-refractivity contribution is 9.10. The lowest BCUT2D eigenvalue weighted by Crippen LogP contribution is -2.12. The fourth-order valence-corrected chi connectivity index (χ4v) is 2.95. The van der Waals surface area contributed by atoms with Crippen molar-refractivity contribution in [3.63, 3.8) is 0 Å². The zero-order valence-electron chi connectivity index (χ0n) is 10.1. The molecule has 1 aromatic carbocycles. The van der Waals surface area contributed by atoms with Crippen LogP contribution in [0.3, 0.4) is 0 Å². The molecule has 0 spiro atoms. The van der Waals surface area contributed by atoms with E-state index in [9.17, 15) is 0 Å². The molecular formula is C14H20BrNO. The van der Waals surface area contributed by atoms with E-state index in [0.29, 0.717) is 6.10 Å². The first kappa shape index (κ1) is 13.1. The molecule has 1 saturated heterocycles. The number of hydrogen-bond donors (Lipinski definition) is 1. The summed E-state index contributed by atoms with van der Waals surface area (Å²) in [5.74, 6) is 0. The molecule has 2 rings (SSSR count). The Hall–Kier alpha value is -0.380. The van der Waals surface area contributed by atoms with Crippen molar-refractivity contribution in [2.75, 3.05) is 6.61 Å². The van der Waals surface area contributed by atoms with Crippen molar-refractivity contribution in [2.45, 2.75) is 44.2 Å². The summed E-state index contributed by atoms with van der Waals surface area (Å²) < 4.78 is 6.73. The third kappa shape index (κ3) is 3.80. The van der Waals surface area contributed by atoms with Gasteiger partial charge in [-0.05, 0) is 43.7 Å². The van der Waals surface area contributed by atoms with Crippen LogP contribution in [0.1, 0.15) is 43.7 Å². The Kier molecular flexibility index (Phi) is 5.01. The summed E-state index contributed by atoms with van der Waals surface area (Å²) in [6.45, 7) is 0.945. The third-order valence-electron chi connectivity index (χ3n) is 3.37. The number of hydrogen-bond acceptors (Lipinski definition) is 2. The molecule has 1 aromatic rings. The Bertz CT molecular complexity index is 350. The van der Waals surface area contributed by atoms with Crippen LogP contribution in [0.4, 0.5) is 0 Å². The third-order valence-corrected chi connectivity index (χ3v) is 4.09. The quantitative estimate of drug-likeness (QED) is 0.897.